The first-order chi connectivity index (χ1) is 13.2. The van der Waals surface area contributed by atoms with E-state index in [1.807, 2.05) is 0 Å². The van der Waals surface area contributed by atoms with Gasteiger partial charge in [-0.15, -0.1) is 11.3 Å². The topological polar surface area (TPSA) is 60.0 Å². The van der Waals surface area contributed by atoms with Crippen molar-refractivity contribution in [2.24, 2.45) is 0 Å². The van der Waals surface area contributed by atoms with Crippen molar-refractivity contribution in [3.63, 3.8) is 0 Å². The Morgan fingerprint density at radius 3 is 2.67 bits per heavy atom. The van der Waals surface area contributed by atoms with Crippen LogP contribution in [0.1, 0.15) is 21.3 Å². The summed E-state index contributed by atoms with van der Waals surface area (Å²) < 4.78 is 16.0. The van der Waals surface area contributed by atoms with Gasteiger partial charge in [-0.3, -0.25) is 9.69 Å². The minimum atomic E-state index is 0.0304. The largest absolute Gasteiger partial charge is 0.493 e. The van der Waals surface area contributed by atoms with E-state index in [1.54, 1.807) is 43.8 Å². The van der Waals surface area contributed by atoms with Crippen LogP contribution in [-0.2, 0) is 4.74 Å². The van der Waals surface area contributed by atoms with Gasteiger partial charge in [0.05, 0.1) is 40.0 Å². The van der Waals surface area contributed by atoms with Gasteiger partial charge in [0.2, 0.25) is 0 Å². The van der Waals surface area contributed by atoms with Crippen LogP contribution in [0, 0.1) is 0 Å². The summed E-state index contributed by atoms with van der Waals surface area (Å²) in [6.07, 6.45) is 0. The number of rotatable bonds is 9. The number of ether oxygens (including phenoxy) is 3. The zero-order chi connectivity index (χ0) is 19.1. The lowest BCUT2D eigenvalue weighted by Gasteiger charge is -2.34. The third-order valence-corrected chi connectivity index (χ3v) is 5.66. The van der Waals surface area contributed by atoms with E-state index >= 15 is 0 Å². The number of nitrogens with zero attached hydrogens (tertiary/aromatic N) is 1. The molecule has 2 heterocycles. The molecule has 2 aromatic rings. The number of ketones is 1. The minimum Gasteiger partial charge on any atom is -0.493 e. The molecule has 0 bridgehead atoms. The second-order valence-electron chi connectivity index (χ2n) is 6.30. The number of nitrogens with one attached hydrogen (secondary N) is 1. The van der Waals surface area contributed by atoms with Crippen molar-refractivity contribution in [1.29, 1.82) is 0 Å². The smallest absolute Gasteiger partial charge is 0.176 e. The monoisotopic (exact) mass is 390 g/mol. The quantitative estimate of drug-likeness (QED) is 0.664. The van der Waals surface area contributed by atoms with E-state index in [0.29, 0.717) is 17.1 Å². The van der Waals surface area contributed by atoms with Crippen molar-refractivity contribution in [1.82, 2.24) is 10.2 Å². The Morgan fingerprint density at radius 2 is 2.00 bits per heavy atom. The van der Waals surface area contributed by atoms with Gasteiger partial charge in [-0.25, -0.2) is 0 Å². The van der Waals surface area contributed by atoms with Gasteiger partial charge in [0.25, 0.3) is 0 Å². The maximum Gasteiger partial charge on any atom is 0.176 e. The third-order valence-electron chi connectivity index (χ3n) is 4.69. The lowest BCUT2D eigenvalue weighted by molar-refractivity contribution is 0.0169. The molecule has 1 aliphatic rings. The zero-order valence-corrected chi connectivity index (χ0v) is 16.6. The molecule has 0 aliphatic carbocycles. The van der Waals surface area contributed by atoms with Gasteiger partial charge in [0, 0.05) is 30.1 Å². The van der Waals surface area contributed by atoms with Crippen LogP contribution in [-0.4, -0.2) is 64.3 Å². The summed E-state index contributed by atoms with van der Waals surface area (Å²) in [7, 11) is 3.15. The van der Waals surface area contributed by atoms with Gasteiger partial charge < -0.3 is 19.5 Å². The van der Waals surface area contributed by atoms with E-state index in [0.717, 1.165) is 32.8 Å². The van der Waals surface area contributed by atoms with Crippen LogP contribution in [0.4, 0.5) is 0 Å². The highest BCUT2D eigenvalue weighted by atomic mass is 32.1. The summed E-state index contributed by atoms with van der Waals surface area (Å²) in [5.74, 6) is 1.21. The highest BCUT2D eigenvalue weighted by molar-refractivity contribution is 7.10. The molecule has 1 N–H and O–H groups in total. The van der Waals surface area contributed by atoms with E-state index in [1.165, 1.54) is 4.88 Å². The molecule has 1 atom stereocenters. The molecule has 1 saturated heterocycles. The van der Waals surface area contributed by atoms with Crippen LogP contribution in [0.3, 0.4) is 0 Å². The number of Topliss-reactive ketones (excluding diaryl/α,β-unsaturated/α-hetero) is 1. The van der Waals surface area contributed by atoms with Crippen molar-refractivity contribution in [3.8, 4) is 11.5 Å². The number of carbonyl (C=O) groups is 1. The zero-order valence-electron chi connectivity index (χ0n) is 15.8. The second kappa shape index (κ2) is 9.85. The highest BCUT2D eigenvalue weighted by Crippen LogP contribution is 2.28. The van der Waals surface area contributed by atoms with Crippen LogP contribution >= 0.6 is 11.3 Å². The van der Waals surface area contributed by atoms with Gasteiger partial charge in [-0.1, -0.05) is 6.07 Å². The molecule has 146 valence electrons. The second-order valence-corrected chi connectivity index (χ2v) is 7.28. The van der Waals surface area contributed by atoms with E-state index in [4.69, 9.17) is 14.2 Å². The van der Waals surface area contributed by atoms with E-state index < -0.39 is 0 Å². The van der Waals surface area contributed by atoms with Gasteiger partial charge in [0.1, 0.15) is 0 Å². The van der Waals surface area contributed by atoms with E-state index in [9.17, 15) is 4.79 Å². The summed E-state index contributed by atoms with van der Waals surface area (Å²) in [6, 6.07) is 9.73. The van der Waals surface area contributed by atoms with Gasteiger partial charge >= 0.3 is 0 Å². The lowest BCUT2D eigenvalue weighted by atomic mass is 10.1. The Bertz CT molecular complexity index is 730. The first kappa shape index (κ1) is 19.8. The molecule has 0 amide bonds. The first-order valence-corrected chi connectivity index (χ1v) is 9.92. The number of carbonyl (C=O) groups excluding carboxylic acids is 1. The van der Waals surface area contributed by atoms with Gasteiger partial charge in [-0.05, 0) is 29.6 Å². The standard InChI is InChI=1S/C20H26N2O4S/c1-24-18-6-5-15(12-19(18)25-2)17(23)14-21-13-16(20-4-3-11-27-20)22-7-9-26-10-8-22/h3-6,11-12,16,21H,7-10,13-14H2,1-2H3. The first-order valence-electron chi connectivity index (χ1n) is 9.04. The Balaban J connectivity index is 1.60. The molecule has 6 nitrogen and oxygen atoms in total. The number of hydrogen-bond donors (Lipinski definition) is 1. The highest BCUT2D eigenvalue weighted by Gasteiger charge is 2.23. The number of benzene rings is 1. The number of methoxy groups -OCH3 is 2. The van der Waals surface area contributed by atoms with E-state index in [2.05, 4.69) is 27.7 Å². The predicted octanol–water partition coefficient (Wildman–Crippen LogP) is 2.61. The molecule has 0 saturated carbocycles. The molecule has 27 heavy (non-hydrogen) atoms. The molecule has 3 rings (SSSR count). The Labute approximate surface area is 164 Å². The fraction of sp³-hybridized carbons (Fsp3) is 0.450. The summed E-state index contributed by atoms with van der Waals surface area (Å²) in [5.41, 5.74) is 0.610. The van der Waals surface area contributed by atoms with Gasteiger partial charge in [0.15, 0.2) is 17.3 Å². The van der Waals surface area contributed by atoms with Crippen molar-refractivity contribution in [2.45, 2.75) is 6.04 Å². The molecule has 1 aromatic carbocycles. The Morgan fingerprint density at radius 1 is 1.22 bits per heavy atom. The van der Waals surface area contributed by atoms with Crippen molar-refractivity contribution in [2.75, 3.05) is 53.6 Å². The number of morpholine rings is 1. The Kier molecular flexibility index (Phi) is 7.23. The Hall–Kier alpha value is -1.93. The van der Waals surface area contributed by atoms with Crippen LogP contribution in [0.25, 0.3) is 0 Å². The maximum absolute atomic E-state index is 12.6. The molecule has 0 radical (unpaired) electrons. The van der Waals surface area contributed by atoms with Crippen LogP contribution in [0.2, 0.25) is 0 Å². The van der Waals surface area contributed by atoms with Crippen LogP contribution in [0.15, 0.2) is 35.7 Å². The summed E-state index contributed by atoms with van der Waals surface area (Å²) >= 11 is 1.75. The number of thiophene rings is 1. The molecule has 1 unspecified atom stereocenters. The summed E-state index contributed by atoms with van der Waals surface area (Å²) in [5, 5.41) is 5.43. The molecule has 7 heteroatoms. The average Bonchev–Trinajstić information content (AvgIpc) is 3.25. The molecular formula is C20H26N2O4S. The van der Waals surface area contributed by atoms with Crippen molar-refractivity contribution in [3.05, 3.63) is 46.2 Å². The maximum atomic E-state index is 12.6. The third kappa shape index (κ3) is 5.07. The fourth-order valence-electron chi connectivity index (χ4n) is 3.21. The van der Waals surface area contributed by atoms with Crippen LogP contribution < -0.4 is 14.8 Å². The lowest BCUT2D eigenvalue weighted by Crippen LogP contribution is -2.43. The fourth-order valence-corrected chi connectivity index (χ4v) is 4.07. The molecule has 1 fully saturated rings. The molecule has 0 spiro atoms. The normalized spacial score (nSPS) is 16.1. The van der Waals surface area contributed by atoms with Crippen LogP contribution in [0.5, 0.6) is 11.5 Å². The van der Waals surface area contributed by atoms with E-state index in [-0.39, 0.29) is 18.4 Å². The average molecular weight is 391 g/mol. The molecular weight excluding hydrogens is 364 g/mol. The summed E-state index contributed by atoms with van der Waals surface area (Å²) in [6.45, 7) is 4.34. The van der Waals surface area contributed by atoms with Gasteiger partial charge in [-0.2, -0.15) is 0 Å². The SMILES string of the molecule is COc1ccc(C(=O)CNCC(c2cccs2)N2CCOCC2)cc1OC. The van der Waals surface area contributed by atoms with Crippen molar-refractivity contribution >= 4 is 17.1 Å². The predicted molar refractivity (Wildman–Crippen MR) is 106 cm³/mol. The molecule has 1 aliphatic heterocycles. The number of hydrogen-bond acceptors (Lipinski definition) is 7. The van der Waals surface area contributed by atoms with Crippen molar-refractivity contribution < 1.29 is 19.0 Å². The minimum absolute atomic E-state index is 0.0304. The summed E-state index contributed by atoms with van der Waals surface area (Å²) in [4.78, 5) is 16.3. The molecule has 1 aromatic heterocycles.